The minimum absolute atomic E-state index is 0.185. The summed E-state index contributed by atoms with van der Waals surface area (Å²) in [5, 5.41) is 0. The molecule has 0 heterocycles. The Morgan fingerprint density at radius 3 is 2.33 bits per heavy atom. The van der Waals surface area contributed by atoms with Gasteiger partial charge in [0.15, 0.2) is 6.29 Å². The van der Waals surface area contributed by atoms with Gasteiger partial charge in [-0.3, -0.25) is 4.79 Å². The molecule has 0 radical (unpaired) electrons. The maximum atomic E-state index is 10.5. The zero-order valence-corrected chi connectivity index (χ0v) is 11.6. The van der Waals surface area contributed by atoms with E-state index in [0.717, 1.165) is 12.9 Å². The van der Waals surface area contributed by atoms with E-state index < -0.39 is 0 Å². The van der Waals surface area contributed by atoms with Gasteiger partial charge in [-0.2, -0.15) is 0 Å². The number of para-hydroxylation sites is 1. The number of benzene rings is 1. The third-order valence-corrected chi connectivity index (χ3v) is 1.65. The molecule has 0 aromatic heterocycles. The minimum Gasteiger partial charge on any atom is -0.480 e. The highest BCUT2D eigenvalue weighted by Gasteiger charge is 1.98. The first kappa shape index (κ1) is 18.6. The Morgan fingerprint density at radius 1 is 1.33 bits per heavy atom. The van der Waals surface area contributed by atoms with Gasteiger partial charge in [0, 0.05) is 13.7 Å². The number of methoxy groups -OCH3 is 1. The first-order valence-electron chi connectivity index (χ1n) is 5.89. The molecule has 0 N–H and O–H groups in total. The van der Waals surface area contributed by atoms with Crippen LogP contribution in [0.2, 0.25) is 0 Å². The summed E-state index contributed by atoms with van der Waals surface area (Å²) >= 11 is 0. The maximum absolute atomic E-state index is 10.5. The highest BCUT2D eigenvalue weighted by Crippen LogP contribution is 2.14. The highest BCUT2D eigenvalue weighted by atomic mass is 16.5. The molecule has 0 saturated carbocycles. The van der Waals surface area contributed by atoms with Crippen molar-refractivity contribution in [3.05, 3.63) is 29.8 Å². The Bertz CT molecular complexity index is 338. The van der Waals surface area contributed by atoms with Gasteiger partial charge in [0.2, 0.25) is 0 Å². The molecule has 0 saturated heterocycles. The van der Waals surface area contributed by atoms with Gasteiger partial charge in [0.25, 0.3) is 0 Å². The van der Waals surface area contributed by atoms with Crippen LogP contribution >= 0.6 is 0 Å². The van der Waals surface area contributed by atoms with Gasteiger partial charge in [-0.1, -0.05) is 31.9 Å². The lowest BCUT2D eigenvalue weighted by molar-refractivity contribution is 0.112. The zero-order valence-electron chi connectivity index (χ0n) is 11.6. The summed E-state index contributed by atoms with van der Waals surface area (Å²) in [7, 11) is 1.68. The Morgan fingerprint density at radius 2 is 1.89 bits per heavy atom. The summed E-state index contributed by atoms with van der Waals surface area (Å²) < 4.78 is 9.65. The van der Waals surface area contributed by atoms with Gasteiger partial charge in [0.1, 0.15) is 12.4 Å². The second-order valence-corrected chi connectivity index (χ2v) is 2.73. The predicted molar refractivity (Wildman–Crippen MR) is 75.1 cm³/mol. The molecule has 1 rings (SSSR count). The van der Waals surface area contributed by atoms with Gasteiger partial charge in [-0.25, -0.2) is 0 Å². The standard InChI is InChI=1S/C10H8O2.C3H8O.C2H6/c1-2-7-12-10-6-4-3-5-9(10)8-11;1-3-4-2;1-2/h1,3-6,8H,7H2;3H2,1-2H3;1-2H3. The van der Waals surface area contributed by atoms with Gasteiger partial charge >= 0.3 is 0 Å². The van der Waals surface area contributed by atoms with Crippen LogP contribution in [-0.4, -0.2) is 26.6 Å². The number of carbonyl (C=O) groups excluding carboxylic acids is 1. The second-order valence-electron chi connectivity index (χ2n) is 2.73. The molecular weight excluding hydrogens is 228 g/mol. The van der Waals surface area contributed by atoms with Crippen molar-refractivity contribution in [2.45, 2.75) is 20.8 Å². The molecule has 0 atom stereocenters. The van der Waals surface area contributed by atoms with Gasteiger partial charge in [-0.15, -0.1) is 6.42 Å². The van der Waals surface area contributed by atoms with Crippen LogP contribution in [0, 0.1) is 12.3 Å². The van der Waals surface area contributed by atoms with Crippen LogP contribution in [0.4, 0.5) is 0 Å². The van der Waals surface area contributed by atoms with E-state index in [-0.39, 0.29) is 6.61 Å². The first-order chi connectivity index (χ1) is 8.79. The van der Waals surface area contributed by atoms with Crippen molar-refractivity contribution < 1.29 is 14.3 Å². The quantitative estimate of drug-likeness (QED) is 0.608. The monoisotopic (exact) mass is 250 g/mol. The largest absolute Gasteiger partial charge is 0.480 e. The number of hydrogen-bond acceptors (Lipinski definition) is 3. The molecule has 0 aliphatic heterocycles. The summed E-state index contributed by atoms with van der Waals surface area (Å²) in [6.45, 7) is 6.96. The molecular formula is C15H22O3. The Balaban J connectivity index is 0. The lowest BCUT2D eigenvalue weighted by Crippen LogP contribution is -1.96. The summed E-state index contributed by atoms with van der Waals surface area (Å²) in [6, 6.07) is 6.95. The van der Waals surface area contributed by atoms with E-state index in [0.29, 0.717) is 11.3 Å². The molecule has 0 amide bonds. The number of hydrogen-bond donors (Lipinski definition) is 0. The average Bonchev–Trinajstić information content (AvgIpc) is 2.47. The van der Waals surface area contributed by atoms with Crippen molar-refractivity contribution in [1.82, 2.24) is 0 Å². The Hall–Kier alpha value is -1.79. The third-order valence-electron chi connectivity index (χ3n) is 1.65. The van der Waals surface area contributed by atoms with E-state index in [9.17, 15) is 4.79 Å². The highest BCUT2D eigenvalue weighted by molar-refractivity contribution is 5.79. The summed E-state index contributed by atoms with van der Waals surface area (Å²) in [5.41, 5.74) is 0.521. The summed E-state index contributed by atoms with van der Waals surface area (Å²) in [6.07, 6.45) is 5.75. The van der Waals surface area contributed by atoms with E-state index in [2.05, 4.69) is 10.7 Å². The van der Waals surface area contributed by atoms with Crippen LogP contribution < -0.4 is 4.74 Å². The molecule has 0 unspecified atom stereocenters. The second kappa shape index (κ2) is 15.2. The summed E-state index contributed by atoms with van der Waals surface area (Å²) in [4.78, 5) is 10.5. The molecule has 0 aliphatic rings. The van der Waals surface area contributed by atoms with E-state index in [4.69, 9.17) is 11.2 Å². The SMILES string of the molecule is C#CCOc1ccccc1C=O.CC.CCOC. The average molecular weight is 250 g/mol. The number of carbonyl (C=O) groups is 1. The van der Waals surface area contributed by atoms with Crippen molar-refractivity contribution >= 4 is 6.29 Å². The maximum Gasteiger partial charge on any atom is 0.153 e. The minimum atomic E-state index is 0.185. The van der Waals surface area contributed by atoms with Crippen LogP contribution in [0.3, 0.4) is 0 Å². The molecule has 3 heteroatoms. The lowest BCUT2D eigenvalue weighted by Gasteiger charge is -2.03. The lowest BCUT2D eigenvalue weighted by atomic mass is 10.2. The van der Waals surface area contributed by atoms with E-state index in [1.54, 1.807) is 31.4 Å². The fourth-order valence-corrected chi connectivity index (χ4v) is 0.829. The van der Waals surface area contributed by atoms with Crippen LogP contribution in [-0.2, 0) is 4.74 Å². The van der Waals surface area contributed by atoms with Gasteiger partial charge in [-0.05, 0) is 19.1 Å². The molecule has 0 bridgehead atoms. The van der Waals surface area contributed by atoms with Crippen LogP contribution in [0.15, 0.2) is 24.3 Å². The van der Waals surface area contributed by atoms with Crippen molar-refractivity contribution in [2.75, 3.05) is 20.3 Å². The van der Waals surface area contributed by atoms with E-state index in [1.165, 1.54) is 0 Å². The number of ether oxygens (including phenoxy) is 2. The van der Waals surface area contributed by atoms with Crippen molar-refractivity contribution in [1.29, 1.82) is 0 Å². The zero-order chi connectivity index (χ0) is 14.2. The van der Waals surface area contributed by atoms with Gasteiger partial charge < -0.3 is 9.47 Å². The fourth-order valence-electron chi connectivity index (χ4n) is 0.829. The Kier molecular flexibility index (Phi) is 15.7. The van der Waals surface area contributed by atoms with Crippen molar-refractivity contribution in [2.24, 2.45) is 0 Å². The van der Waals surface area contributed by atoms with Crippen LogP contribution in [0.1, 0.15) is 31.1 Å². The van der Waals surface area contributed by atoms with Crippen molar-refractivity contribution in [3.63, 3.8) is 0 Å². The summed E-state index contributed by atoms with van der Waals surface area (Å²) in [5.74, 6) is 2.86. The molecule has 1 aromatic carbocycles. The van der Waals surface area contributed by atoms with Gasteiger partial charge in [0.05, 0.1) is 5.56 Å². The molecule has 1 aromatic rings. The third kappa shape index (κ3) is 9.44. The topological polar surface area (TPSA) is 35.5 Å². The molecule has 0 spiro atoms. The van der Waals surface area contributed by atoms with E-state index in [1.807, 2.05) is 20.8 Å². The molecule has 0 aliphatic carbocycles. The smallest absolute Gasteiger partial charge is 0.153 e. The Labute approximate surface area is 110 Å². The number of rotatable bonds is 4. The fraction of sp³-hybridized carbons (Fsp3) is 0.400. The molecule has 0 fully saturated rings. The number of aldehydes is 1. The molecule has 100 valence electrons. The van der Waals surface area contributed by atoms with Crippen LogP contribution in [0.5, 0.6) is 5.75 Å². The van der Waals surface area contributed by atoms with Crippen molar-refractivity contribution in [3.8, 4) is 18.1 Å². The first-order valence-corrected chi connectivity index (χ1v) is 5.89. The normalized spacial score (nSPS) is 7.72. The predicted octanol–water partition coefficient (Wildman–Crippen LogP) is 3.19. The number of terminal acetylenes is 1. The van der Waals surface area contributed by atoms with E-state index >= 15 is 0 Å². The molecule has 3 nitrogen and oxygen atoms in total. The molecule has 18 heavy (non-hydrogen) atoms. The van der Waals surface area contributed by atoms with Crippen LogP contribution in [0.25, 0.3) is 0 Å².